The van der Waals surface area contributed by atoms with Crippen molar-refractivity contribution in [2.24, 2.45) is 15.9 Å². The van der Waals surface area contributed by atoms with E-state index in [4.69, 9.17) is 5.73 Å². The number of carbonyl (C=O) groups is 2. The number of nitrogens with two attached hydrogens (primary N) is 1. The molecule has 7 heteroatoms. The fourth-order valence-corrected chi connectivity index (χ4v) is 4.97. The van der Waals surface area contributed by atoms with Gasteiger partial charge in [-0.3, -0.25) is 9.59 Å². The number of rotatable bonds is 9. The highest BCUT2D eigenvalue weighted by Crippen LogP contribution is 2.45. The molecule has 1 aliphatic heterocycles. The summed E-state index contributed by atoms with van der Waals surface area (Å²) in [5.74, 6) is 0. The maximum atomic E-state index is 10.8. The molecule has 0 atom stereocenters. The third-order valence-electron chi connectivity index (χ3n) is 6.26. The minimum absolute atomic E-state index is 0.445. The van der Waals surface area contributed by atoms with Crippen molar-refractivity contribution in [1.29, 1.82) is 0 Å². The van der Waals surface area contributed by atoms with Gasteiger partial charge >= 0.3 is 0 Å². The molecule has 7 nitrogen and oxygen atoms in total. The summed E-state index contributed by atoms with van der Waals surface area (Å²) in [6, 6.07) is 12.9. The Labute approximate surface area is 181 Å². The van der Waals surface area contributed by atoms with Gasteiger partial charge in [0.25, 0.3) is 0 Å². The third-order valence-corrected chi connectivity index (χ3v) is 6.26. The Hall–Kier alpha value is -3.32. The minimum Gasteiger partial charge on any atom is -0.355 e. The lowest BCUT2D eigenvalue weighted by Crippen LogP contribution is -2.40. The smallest absolute Gasteiger partial charge is 0.207 e. The Kier molecular flexibility index (Phi) is 6.23. The molecule has 0 spiro atoms. The van der Waals surface area contributed by atoms with Crippen molar-refractivity contribution >= 4 is 24.7 Å². The molecular formula is C24H27N5O2. The predicted molar refractivity (Wildman–Crippen MR) is 121 cm³/mol. The van der Waals surface area contributed by atoms with Gasteiger partial charge in [0.15, 0.2) is 0 Å². The third kappa shape index (κ3) is 3.88. The van der Waals surface area contributed by atoms with Gasteiger partial charge in [0.2, 0.25) is 12.8 Å². The first kappa shape index (κ1) is 20.9. The van der Waals surface area contributed by atoms with Crippen LogP contribution in [0.1, 0.15) is 46.2 Å². The number of carbonyl (C=O) groups excluding carboxylic acids is 2. The summed E-state index contributed by atoms with van der Waals surface area (Å²) >= 11 is 0. The number of fused-ring (bicyclic) bond motifs is 2. The molecule has 0 radical (unpaired) electrons. The molecule has 4 rings (SSSR count). The maximum absolute atomic E-state index is 10.8. The molecule has 0 fully saturated rings. The molecule has 31 heavy (non-hydrogen) atoms. The van der Waals surface area contributed by atoms with E-state index < -0.39 is 5.41 Å². The standard InChI is InChI=1S/C24H27N5O2/c25-9-8-24(23-7-10-28-29-23)21-5-1-17(13-26-15-30)11-19(21)3-4-20-12-18(14-27-16-31)2-6-22(20)24/h1-2,5-6,10-12,15-16H,3-4,7-9,13-14,25H2,(H,26,30)(H,27,31). The van der Waals surface area contributed by atoms with Gasteiger partial charge in [0, 0.05) is 25.7 Å². The molecule has 2 aromatic carbocycles. The molecule has 1 heterocycles. The van der Waals surface area contributed by atoms with Gasteiger partial charge in [-0.05, 0) is 59.2 Å². The van der Waals surface area contributed by atoms with E-state index >= 15 is 0 Å². The molecule has 2 aliphatic rings. The van der Waals surface area contributed by atoms with Crippen molar-refractivity contribution in [3.05, 3.63) is 69.8 Å². The number of hydrogen-bond acceptors (Lipinski definition) is 5. The second-order valence-electron chi connectivity index (χ2n) is 7.97. The van der Waals surface area contributed by atoms with Gasteiger partial charge in [-0.2, -0.15) is 10.2 Å². The van der Waals surface area contributed by atoms with E-state index in [0.29, 0.717) is 26.1 Å². The molecule has 0 aromatic heterocycles. The van der Waals surface area contributed by atoms with E-state index in [0.717, 1.165) is 48.9 Å². The minimum atomic E-state index is -0.445. The highest BCUT2D eigenvalue weighted by Gasteiger charge is 2.43. The average Bonchev–Trinajstić information content (AvgIpc) is 3.30. The highest BCUT2D eigenvalue weighted by atomic mass is 16.1. The Morgan fingerprint density at radius 1 is 0.935 bits per heavy atom. The lowest BCUT2D eigenvalue weighted by Gasteiger charge is -2.36. The second kappa shape index (κ2) is 9.22. The lowest BCUT2D eigenvalue weighted by atomic mass is 9.66. The van der Waals surface area contributed by atoms with Crippen molar-refractivity contribution in [2.75, 3.05) is 6.54 Å². The number of nitrogens with one attached hydrogen (secondary N) is 2. The number of nitrogens with zero attached hydrogens (tertiary/aromatic N) is 2. The van der Waals surface area contributed by atoms with Gasteiger partial charge < -0.3 is 16.4 Å². The van der Waals surface area contributed by atoms with Crippen LogP contribution in [-0.2, 0) is 40.9 Å². The van der Waals surface area contributed by atoms with Crippen LogP contribution in [0.25, 0.3) is 0 Å². The van der Waals surface area contributed by atoms with Crippen molar-refractivity contribution in [3.8, 4) is 0 Å². The van der Waals surface area contributed by atoms with Gasteiger partial charge in [-0.15, -0.1) is 0 Å². The normalized spacial score (nSPS) is 16.0. The van der Waals surface area contributed by atoms with E-state index in [1.807, 2.05) is 6.21 Å². The first-order valence-corrected chi connectivity index (χ1v) is 10.6. The molecular weight excluding hydrogens is 390 g/mol. The fraction of sp³-hybridized carbons (Fsp3) is 0.333. The molecule has 4 N–H and O–H groups in total. The van der Waals surface area contributed by atoms with Crippen molar-refractivity contribution in [3.63, 3.8) is 0 Å². The van der Waals surface area contributed by atoms with Crippen molar-refractivity contribution in [2.45, 2.75) is 44.2 Å². The van der Waals surface area contributed by atoms with E-state index in [1.165, 1.54) is 22.3 Å². The van der Waals surface area contributed by atoms with E-state index in [2.05, 4.69) is 57.2 Å². The van der Waals surface area contributed by atoms with Crippen LogP contribution in [0.5, 0.6) is 0 Å². The first-order valence-electron chi connectivity index (χ1n) is 10.6. The van der Waals surface area contributed by atoms with Gasteiger partial charge in [0.1, 0.15) is 0 Å². The zero-order valence-corrected chi connectivity index (χ0v) is 17.4. The van der Waals surface area contributed by atoms with Gasteiger partial charge in [-0.25, -0.2) is 0 Å². The number of hydrogen-bond donors (Lipinski definition) is 3. The quantitative estimate of drug-likeness (QED) is 0.541. The van der Waals surface area contributed by atoms with Crippen LogP contribution in [0.15, 0.2) is 46.6 Å². The summed E-state index contributed by atoms with van der Waals surface area (Å²) in [5.41, 5.74) is 13.8. The Balaban J connectivity index is 1.89. The van der Waals surface area contributed by atoms with Gasteiger partial charge in [-0.1, -0.05) is 36.4 Å². The van der Waals surface area contributed by atoms with Gasteiger partial charge in [0.05, 0.1) is 11.1 Å². The van der Waals surface area contributed by atoms with E-state index in [9.17, 15) is 9.59 Å². The predicted octanol–water partition coefficient (Wildman–Crippen LogP) is 1.74. The van der Waals surface area contributed by atoms with Crippen LogP contribution >= 0.6 is 0 Å². The van der Waals surface area contributed by atoms with Crippen LogP contribution in [0.2, 0.25) is 0 Å². The summed E-state index contributed by atoms with van der Waals surface area (Å²) in [5, 5.41) is 14.2. The number of aryl methyl sites for hydroxylation is 2. The molecule has 0 bridgehead atoms. The zero-order valence-electron chi connectivity index (χ0n) is 17.4. The monoisotopic (exact) mass is 417 g/mol. The molecule has 0 saturated carbocycles. The molecule has 2 aromatic rings. The summed E-state index contributed by atoms with van der Waals surface area (Å²) in [4.78, 5) is 21.5. The lowest BCUT2D eigenvalue weighted by molar-refractivity contribution is -0.110. The zero-order chi connectivity index (χ0) is 21.7. The van der Waals surface area contributed by atoms with Crippen LogP contribution in [0.4, 0.5) is 0 Å². The Bertz CT molecular complexity index is 981. The molecule has 160 valence electrons. The maximum Gasteiger partial charge on any atom is 0.207 e. The number of amides is 2. The molecule has 0 saturated heterocycles. The summed E-state index contributed by atoms with van der Waals surface area (Å²) in [6.07, 6.45) is 6.47. The summed E-state index contributed by atoms with van der Waals surface area (Å²) < 4.78 is 0. The average molecular weight is 418 g/mol. The summed E-state index contributed by atoms with van der Waals surface area (Å²) in [7, 11) is 0. The largest absolute Gasteiger partial charge is 0.355 e. The van der Waals surface area contributed by atoms with Crippen LogP contribution in [0.3, 0.4) is 0 Å². The fourth-order valence-electron chi connectivity index (χ4n) is 4.97. The Morgan fingerprint density at radius 2 is 1.52 bits per heavy atom. The first-order chi connectivity index (χ1) is 15.2. The van der Waals surface area contributed by atoms with E-state index in [1.54, 1.807) is 0 Å². The highest BCUT2D eigenvalue weighted by molar-refractivity contribution is 6.07. The van der Waals surface area contributed by atoms with Crippen molar-refractivity contribution < 1.29 is 9.59 Å². The molecule has 1 aliphatic carbocycles. The van der Waals surface area contributed by atoms with Crippen molar-refractivity contribution in [1.82, 2.24) is 10.6 Å². The second-order valence-corrected chi connectivity index (χ2v) is 7.97. The molecule has 2 amide bonds. The summed E-state index contributed by atoms with van der Waals surface area (Å²) in [6.45, 7) is 1.51. The molecule has 0 unspecified atom stereocenters. The Morgan fingerprint density at radius 3 is 1.97 bits per heavy atom. The van der Waals surface area contributed by atoms with Crippen LogP contribution in [0, 0.1) is 0 Å². The van der Waals surface area contributed by atoms with Crippen LogP contribution < -0.4 is 16.4 Å². The SMILES string of the molecule is NCCC1(C2=NN=CC2)c2ccc(CNC=O)cc2CCc2cc(CNC=O)ccc21. The number of benzene rings is 2. The van der Waals surface area contributed by atoms with Crippen LogP contribution in [-0.4, -0.2) is 31.3 Å². The topological polar surface area (TPSA) is 109 Å². The van der Waals surface area contributed by atoms with E-state index in [-0.39, 0.29) is 0 Å².